The molecular weight excluding hydrogens is 216 g/mol. The summed E-state index contributed by atoms with van der Waals surface area (Å²) in [5.74, 6) is 2.62. The fraction of sp³-hybridized carbons (Fsp3) is 0.778. The van der Waals surface area contributed by atoms with Gasteiger partial charge in [-0.25, -0.2) is 0 Å². The van der Waals surface area contributed by atoms with E-state index in [2.05, 4.69) is 46.8 Å². The Balaban J connectivity index is 1.58. The fourth-order valence-corrected chi connectivity index (χ4v) is 3.21. The normalized spacial score (nSPS) is 31.1. The summed E-state index contributed by atoms with van der Waals surface area (Å²) in [5.41, 5.74) is 3.93. The summed E-state index contributed by atoms with van der Waals surface area (Å²) >= 11 is 0. The Morgan fingerprint density at radius 1 is 1.28 bits per heavy atom. The van der Waals surface area contributed by atoms with Crippen LogP contribution < -0.4 is 0 Å². The molecule has 0 amide bonds. The molecule has 0 spiro atoms. The second-order valence-corrected chi connectivity index (χ2v) is 7.28. The Kier molecular flexibility index (Phi) is 4.04. The SMILES string of the molecule is CCC1(C)C=C1CC1=CC1CCC(C)CC(C)C. The minimum Gasteiger partial charge on any atom is -0.0772 e. The van der Waals surface area contributed by atoms with Gasteiger partial charge in [0.2, 0.25) is 0 Å². The highest BCUT2D eigenvalue weighted by Gasteiger charge is 2.39. The predicted octanol–water partition coefficient (Wildman–Crippen LogP) is 5.75. The van der Waals surface area contributed by atoms with E-state index in [-0.39, 0.29) is 0 Å². The van der Waals surface area contributed by atoms with E-state index >= 15 is 0 Å². The summed E-state index contributed by atoms with van der Waals surface area (Å²) < 4.78 is 0. The van der Waals surface area contributed by atoms with Crippen LogP contribution in [0.25, 0.3) is 0 Å². The third-order valence-corrected chi connectivity index (χ3v) is 4.90. The Hall–Kier alpha value is -0.520. The molecule has 0 saturated carbocycles. The van der Waals surface area contributed by atoms with Gasteiger partial charge in [0.15, 0.2) is 0 Å². The lowest BCUT2D eigenvalue weighted by Crippen LogP contribution is -2.01. The van der Waals surface area contributed by atoms with Crippen LogP contribution in [0.2, 0.25) is 0 Å². The van der Waals surface area contributed by atoms with E-state index < -0.39 is 0 Å². The highest BCUT2D eigenvalue weighted by atomic mass is 14.4. The van der Waals surface area contributed by atoms with E-state index in [0.29, 0.717) is 5.41 Å². The molecule has 0 aromatic rings. The first kappa shape index (κ1) is 13.9. The molecule has 0 aromatic heterocycles. The summed E-state index contributed by atoms with van der Waals surface area (Å²) in [4.78, 5) is 0. The third kappa shape index (κ3) is 3.49. The van der Waals surface area contributed by atoms with E-state index in [1.165, 1.54) is 32.1 Å². The van der Waals surface area contributed by atoms with Crippen molar-refractivity contribution in [2.45, 2.75) is 66.7 Å². The number of rotatable bonds is 8. The van der Waals surface area contributed by atoms with Crippen molar-refractivity contribution in [2.75, 3.05) is 0 Å². The van der Waals surface area contributed by atoms with Crippen LogP contribution in [-0.4, -0.2) is 0 Å². The van der Waals surface area contributed by atoms with Gasteiger partial charge in [-0.15, -0.1) is 0 Å². The first-order chi connectivity index (χ1) is 8.44. The Morgan fingerprint density at radius 2 is 2.00 bits per heavy atom. The van der Waals surface area contributed by atoms with Gasteiger partial charge in [0, 0.05) is 5.41 Å². The average molecular weight is 246 g/mol. The second kappa shape index (κ2) is 5.23. The molecule has 3 atom stereocenters. The average Bonchev–Trinajstić information content (AvgIpc) is 3.16. The topological polar surface area (TPSA) is 0 Å². The van der Waals surface area contributed by atoms with Gasteiger partial charge in [-0.3, -0.25) is 0 Å². The Morgan fingerprint density at radius 3 is 2.56 bits per heavy atom. The third-order valence-electron chi connectivity index (χ3n) is 4.90. The van der Waals surface area contributed by atoms with Crippen LogP contribution >= 0.6 is 0 Å². The molecule has 0 aliphatic heterocycles. The van der Waals surface area contributed by atoms with Crippen molar-refractivity contribution in [3.05, 3.63) is 23.3 Å². The van der Waals surface area contributed by atoms with Crippen LogP contribution in [0.5, 0.6) is 0 Å². The van der Waals surface area contributed by atoms with Crippen molar-refractivity contribution >= 4 is 0 Å². The van der Waals surface area contributed by atoms with Crippen LogP contribution in [-0.2, 0) is 0 Å². The first-order valence-electron chi connectivity index (χ1n) is 7.87. The largest absolute Gasteiger partial charge is 0.0772 e. The second-order valence-electron chi connectivity index (χ2n) is 7.28. The first-order valence-corrected chi connectivity index (χ1v) is 7.87. The summed E-state index contributed by atoms with van der Waals surface area (Å²) in [6.07, 6.45) is 11.8. The van der Waals surface area contributed by atoms with Gasteiger partial charge < -0.3 is 0 Å². The van der Waals surface area contributed by atoms with Crippen LogP contribution in [0.1, 0.15) is 66.7 Å². The molecule has 0 heterocycles. The molecule has 102 valence electrons. The molecule has 0 bridgehead atoms. The molecular formula is C18H30. The van der Waals surface area contributed by atoms with Gasteiger partial charge in [-0.05, 0) is 49.9 Å². The van der Waals surface area contributed by atoms with E-state index in [0.717, 1.165) is 17.8 Å². The minimum absolute atomic E-state index is 0.499. The van der Waals surface area contributed by atoms with Crippen molar-refractivity contribution in [3.63, 3.8) is 0 Å². The molecule has 0 N–H and O–H groups in total. The lowest BCUT2D eigenvalue weighted by atomic mass is 9.92. The van der Waals surface area contributed by atoms with Gasteiger partial charge in [0.25, 0.3) is 0 Å². The molecule has 0 fully saturated rings. The lowest BCUT2D eigenvalue weighted by Gasteiger charge is -2.13. The number of hydrogen-bond acceptors (Lipinski definition) is 0. The monoisotopic (exact) mass is 246 g/mol. The van der Waals surface area contributed by atoms with Crippen molar-refractivity contribution in [1.82, 2.24) is 0 Å². The molecule has 0 saturated heterocycles. The zero-order chi connectivity index (χ0) is 13.3. The zero-order valence-corrected chi connectivity index (χ0v) is 12.9. The standard InChI is InChI=1S/C18H30/c1-6-18(5)12-17(18)11-16-10-15(16)8-7-14(4)9-13(2)3/h10,12-15H,6-9,11H2,1-5H3. The maximum absolute atomic E-state index is 2.51. The van der Waals surface area contributed by atoms with Gasteiger partial charge in [0.1, 0.15) is 0 Å². The van der Waals surface area contributed by atoms with E-state index in [1.807, 2.05) is 0 Å². The van der Waals surface area contributed by atoms with Crippen molar-refractivity contribution in [2.24, 2.45) is 23.2 Å². The fourth-order valence-electron chi connectivity index (χ4n) is 3.21. The minimum atomic E-state index is 0.499. The van der Waals surface area contributed by atoms with Crippen LogP contribution in [0, 0.1) is 23.2 Å². The Bertz CT molecular complexity index is 358. The molecule has 3 unspecified atom stereocenters. The van der Waals surface area contributed by atoms with E-state index in [1.54, 1.807) is 11.1 Å². The quantitative estimate of drug-likeness (QED) is 0.478. The smallest absolute Gasteiger partial charge is 0.00664 e. The van der Waals surface area contributed by atoms with Crippen molar-refractivity contribution < 1.29 is 0 Å². The lowest BCUT2D eigenvalue weighted by molar-refractivity contribution is 0.399. The van der Waals surface area contributed by atoms with Gasteiger partial charge in [0.05, 0.1) is 0 Å². The van der Waals surface area contributed by atoms with Gasteiger partial charge >= 0.3 is 0 Å². The number of allylic oxidation sites excluding steroid dienone is 4. The highest BCUT2D eigenvalue weighted by Crippen LogP contribution is 2.53. The van der Waals surface area contributed by atoms with Gasteiger partial charge in [-0.1, -0.05) is 57.9 Å². The van der Waals surface area contributed by atoms with Crippen molar-refractivity contribution in [3.8, 4) is 0 Å². The molecule has 2 rings (SSSR count). The zero-order valence-electron chi connectivity index (χ0n) is 12.9. The molecule has 0 aromatic carbocycles. The molecule has 0 heteroatoms. The van der Waals surface area contributed by atoms with Gasteiger partial charge in [-0.2, -0.15) is 0 Å². The maximum atomic E-state index is 2.51. The van der Waals surface area contributed by atoms with E-state index in [9.17, 15) is 0 Å². The summed E-state index contributed by atoms with van der Waals surface area (Å²) in [6.45, 7) is 11.8. The van der Waals surface area contributed by atoms with Crippen LogP contribution in [0.3, 0.4) is 0 Å². The molecule has 18 heavy (non-hydrogen) atoms. The summed E-state index contributed by atoms with van der Waals surface area (Å²) in [7, 11) is 0. The number of hydrogen-bond donors (Lipinski definition) is 0. The summed E-state index contributed by atoms with van der Waals surface area (Å²) in [6, 6.07) is 0. The summed E-state index contributed by atoms with van der Waals surface area (Å²) in [5, 5.41) is 0. The maximum Gasteiger partial charge on any atom is 0.00664 e. The van der Waals surface area contributed by atoms with Crippen molar-refractivity contribution in [1.29, 1.82) is 0 Å². The molecule has 2 aliphatic carbocycles. The molecule has 0 radical (unpaired) electrons. The van der Waals surface area contributed by atoms with E-state index in [4.69, 9.17) is 0 Å². The molecule has 2 aliphatic rings. The highest BCUT2D eigenvalue weighted by molar-refractivity contribution is 5.45. The molecule has 0 nitrogen and oxygen atoms in total. The Labute approximate surface area is 114 Å². The predicted molar refractivity (Wildman–Crippen MR) is 80.5 cm³/mol. The van der Waals surface area contributed by atoms with Crippen LogP contribution in [0.15, 0.2) is 23.3 Å². The van der Waals surface area contributed by atoms with Crippen LogP contribution in [0.4, 0.5) is 0 Å².